The van der Waals surface area contributed by atoms with Crippen molar-refractivity contribution in [3.8, 4) is 0 Å². The van der Waals surface area contributed by atoms with Gasteiger partial charge in [-0.25, -0.2) is 0 Å². The second-order valence-electron chi connectivity index (χ2n) is 5.64. The zero-order valence-electron chi connectivity index (χ0n) is 9.81. The van der Waals surface area contributed by atoms with E-state index in [0.29, 0.717) is 11.3 Å². The number of hydrogen-bond acceptors (Lipinski definition) is 2. The first kappa shape index (κ1) is 10.9. The summed E-state index contributed by atoms with van der Waals surface area (Å²) >= 11 is 0. The topological polar surface area (TPSA) is 41.1 Å². The van der Waals surface area contributed by atoms with Crippen LogP contribution in [0.2, 0.25) is 0 Å². The van der Waals surface area contributed by atoms with Gasteiger partial charge in [-0.05, 0) is 37.1 Å². The van der Waals surface area contributed by atoms with Crippen LogP contribution in [0.5, 0.6) is 0 Å². The quantitative estimate of drug-likeness (QED) is 0.737. The van der Waals surface area contributed by atoms with Gasteiger partial charge in [-0.15, -0.1) is 0 Å². The molecule has 0 aromatic heterocycles. The fourth-order valence-corrected chi connectivity index (χ4v) is 2.35. The monoisotopic (exact) mass is 210 g/mol. The summed E-state index contributed by atoms with van der Waals surface area (Å²) in [6.45, 7) is 6.39. The lowest BCUT2D eigenvalue weighted by Gasteiger charge is -2.22. The average molecular weight is 210 g/mol. The van der Waals surface area contributed by atoms with Crippen molar-refractivity contribution >= 4 is 5.91 Å². The second-order valence-corrected chi connectivity index (χ2v) is 5.64. The van der Waals surface area contributed by atoms with E-state index in [2.05, 4.69) is 24.5 Å². The lowest BCUT2D eigenvalue weighted by atomic mass is 10.0. The Balaban J connectivity index is 1.68. The number of rotatable bonds is 3. The second kappa shape index (κ2) is 4.12. The summed E-state index contributed by atoms with van der Waals surface area (Å²) in [5, 5.41) is 6.34. The molecule has 2 rings (SSSR count). The third-order valence-corrected chi connectivity index (χ3v) is 3.87. The molecule has 2 fully saturated rings. The molecule has 1 aliphatic carbocycles. The maximum absolute atomic E-state index is 11.8. The summed E-state index contributed by atoms with van der Waals surface area (Å²) in [6.07, 6.45) is 4.64. The van der Waals surface area contributed by atoms with Gasteiger partial charge >= 0.3 is 0 Å². The molecule has 86 valence electrons. The van der Waals surface area contributed by atoms with Crippen molar-refractivity contribution in [2.45, 2.75) is 45.6 Å². The lowest BCUT2D eigenvalue weighted by Crippen LogP contribution is -2.47. The summed E-state index contributed by atoms with van der Waals surface area (Å²) in [6, 6.07) is 0.0700. The van der Waals surface area contributed by atoms with E-state index in [1.807, 2.05) is 0 Å². The molecule has 1 aliphatic heterocycles. The molecule has 0 spiro atoms. The highest BCUT2D eigenvalue weighted by Gasteiger charge is 2.45. The smallest absolute Gasteiger partial charge is 0.237 e. The molecule has 2 aliphatic rings. The Morgan fingerprint density at radius 2 is 2.20 bits per heavy atom. The van der Waals surface area contributed by atoms with E-state index in [4.69, 9.17) is 0 Å². The summed E-state index contributed by atoms with van der Waals surface area (Å²) in [4.78, 5) is 11.8. The summed E-state index contributed by atoms with van der Waals surface area (Å²) in [5.74, 6) is 0.905. The fraction of sp³-hybridized carbons (Fsp3) is 0.917. The van der Waals surface area contributed by atoms with Crippen LogP contribution in [0.1, 0.15) is 39.5 Å². The molecule has 3 nitrogen and oxygen atoms in total. The van der Waals surface area contributed by atoms with E-state index >= 15 is 0 Å². The van der Waals surface area contributed by atoms with Crippen molar-refractivity contribution in [2.24, 2.45) is 11.3 Å². The molecule has 2 unspecified atom stereocenters. The van der Waals surface area contributed by atoms with E-state index in [1.54, 1.807) is 0 Å². The van der Waals surface area contributed by atoms with Crippen LogP contribution >= 0.6 is 0 Å². The van der Waals surface area contributed by atoms with Gasteiger partial charge in [0.25, 0.3) is 0 Å². The first-order valence-electron chi connectivity index (χ1n) is 6.11. The molecule has 2 atom stereocenters. The third kappa shape index (κ3) is 2.71. The Morgan fingerprint density at radius 3 is 2.73 bits per heavy atom. The van der Waals surface area contributed by atoms with Crippen LogP contribution in [-0.4, -0.2) is 25.0 Å². The molecule has 1 saturated heterocycles. The first-order chi connectivity index (χ1) is 7.09. The summed E-state index contributed by atoms with van der Waals surface area (Å²) < 4.78 is 0. The Morgan fingerprint density at radius 1 is 1.47 bits per heavy atom. The first-order valence-corrected chi connectivity index (χ1v) is 6.11. The number of amides is 1. The maximum Gasteiger partial charge on any atom is 0.237 e. The molecule has 1 heterocycles. The number of nitrogens with one attached hydrogen (secondary N) is 2. The standard InChI is InChI=1S/C12H22N2O/c1-12(2)7-9(12)8-14-11(15)10-5-3-4-6-13-10/h9-10,13H,3-8H2,1-2H3,(H,14,15). The molecular formula is C12H22N2O. The van der Waals surface area contributed by atoms with Crippen LogP contribution < -0.4 is 10.6 Å². The Kier molecular flexibility index (Phi) is 3.01. The van der Waals surface area contributed by atoms with Crippen molar-refractivity contribution < 1.29 is 4.79 Å². The zero-order valence-corrected chi connectivity index (χ0v) is 9.81. The van der Waals surface area contributed by atoms with E-state index in [0.717, 1.165) is 19.5 Å². The van der Waals surface area contributed by atoms with Crippen molar-refractivity contribution in [3.63, 3.8) is 0 Å². The molecule has 1 saturated carbocycles. The van der Waals surface area contributed by atoms with E-state index < -0.39 is 0 Å². The van der Waals surface area contributed by atoms with Crippen molar-refractivity contribution in [3.05, 3.63) is 0 Å². The number of carbonyl (C=O) groups is 1. The summed E-state index contributed by atoms with van der Waals surface area (Å²) in [7, 11) is 0. The third-order valence-electron chi connectivity index (χ3n) is 3.87. The molecule has 2 N–H and O–H groups in total. The van der Waals surface area contributed by atoms with Gasteiger partial charge in [0, 0.05) is 6.54 Å². The largest absolute Gasteiger partial charge is 0.354 e. The minimum atomic E-state index is 0.0700. The molecule has 0 bridgehead atoms. The van der Waals surface area contributed by atoms with Gasteiger partial charge in [0.1, 0.15) is 0 Å². The fourth-order valence-electron chi connectivity index (χ4n) is 2.35. The highest BCUT2D eigenvalue weighted by atomic mass is 16.2. The van der Waals surface area contributed by atoms with E-state index in [9.17, 15) is 4.79 Å². The Labute approximate surface area is 92.0 Å². The average Bonchev–Trinajstić information content (AvgIpc) is 2.84. The van der Waals surface area contributed by atoms with Crippen LogP contribution in [-0.2, 0) is 4.79 Å². The number of carbonyl (C=O) groups excluding carboxylic acids is 1. The Bertz CT molecular complexity index is 244. The van der Waals surface area contributed by atoms with Crippen LogP contribution in [0.25, 0.3) is 0 Å². The van der Waals surface area contributed by atoms with Crippen LogP contribution in [0.15, 0.2) is 0 Å². The Hall–Kier alpha value is -0.570. The zero-order chi connectivity index (χ0) is 10.9. The molecule has 0 radical (unpaired) electrons. The molecule has 0 aromatic rings. The molecule has 3 heteroatoms. The van der Waals surface area contributed by atoms with Gasteiger partial charge in [0.2, 0.25) is 5.91 Å². The van der Waals surface area contributed by atoms with Crippen LogP contribution in [0.3, 0.4) is 0 Å². The summed E-state index contributed by atoms with van der Waals surface area (Å²) in [5.41, 5.74) is 0.466. The minimum Gasteiger partial charge on any atom is -0.354 e. The van der Waals surface area contributed by atoms with Crippen molar-refractivity contribution in [1.29, 1.82) is 0 Å². The van der Waals surface area contributed by atoms with Crippen LogP contribution in [0.4, 0.5) is 0 Å². The highest BCUT2D eigenvalue weighted by molar-refractivity contribution is 5.81. The van der Waals surface area contributed by atoms with Gasteiger partial charge < -0.3 is 10.6 Å². The van der Waals surface area contributed by atoms with Gasteiger partial charge in [-0.2, -0.15) is 0 Å². The molecule has 1 amide bonds. The number of piperidine rings is 1. The minimum absolute atomic E-state index is 0.0700. The van der Waals surface area contributed by atoms with E-state index in [1.165, 1.54) is 19.3 Å². The van der Waals surface area contributed by atoms with Crippen molar-refractivity contribution in [1.82, 2.24) is 10.6 Å². The molecule has 0 aromatic carbocycles. The van der Waals surface area contributed by atoms with Crippen molar-refractivity contribution in [2.75, 3.05) is 13.1 Å². The van der Waals surface area contributed by atoms with Crippen LogP contribution in [0, 0.1) is 11.3 Å². The highest BCUT2D eigenvalue weighted by Crippen LogP contribution is 2.50. The molecule has 15 heavy (non-hydrogen) atoms. The van der Waals surface area contributed by atoms with Gasteiger partial charge in [-0.3, -0.25) is 4.79 Å². The SMILES string of the molecule is CC1(C)CC1CNC(=O)C1CCCCN1. The van der Waals surface area contributed by atoms with Gasteiger partial charge in [0.15, 0.2) is 0 Å². The lowest BCUT2D eigenvalue weighted by molar-refractivity contribution is -0.123. The predicted octanol–water partition coefficient (Wildman–Crippen LogP) is 1.29. The van der Waals surface area contributed by atoms with E-state index in [-0.39, 0.29) is 11.9 Å². The van der Waals surface area contributed by atoms with Gasteiger partial charge in [-0.1, -0.05) is 20.3 Å². The number of hydrogen-bond donors (Lipinski definition) is 2. The maximum atomic E-state index is 11.8. The predicted molar refractivity (Wildman–Crippen MR) is 60.5 cm³/mol. The molecular weight excluding hydrogens is 188 g/mol. The normalized spacial score (nSPS) is 33.5. The van der Waals surface area contributed by atoms with Gasteiger partial charge in [0.05, 0.1) is 6.04 Å².